The highest BCUT2D eigenvalue weighted by Gasteiger charge is 2.21. The van der Waals surface area contributed by atoms with Crippen molar-refractivity contribution < 1.29 is 4.79 Å². The Morgan fingerprint density at radius 3 is 2.33 bits per heavy atom. The average molecular weight is 528 g/mol. The SMILES string of the molecule is Cc1cc(C)c(N=c2cc3n(c(=O)n2CCNC(=O)NC2CCCCC2)CCc2cc(C)c(C)cc2-3)c(C)c1. The number of nitrogens with one attached hydrogen (secondary N) is 2. The third kappa shape index (κ3) is 5.72. The van der Waals surface area contributed by atoms with Crippen molar-refractivity contribution in [3.05, 3.63) is 79.7 Å². The lowest BCUT2D eigenvalue weighted by molar-refractivity contribution is 0.232. The maximum Gasteiger partial charge on any atom is 0.330 e. The number of nitrogens with zero attached hydrogens (tertiary/aromatic N) is 3. The summed E-state index contributed by atoms with van der Waals surface area (Å²) in [5.41, 5.74) is 10.5. The van der Waals surface area contributed by atoms with Gasteiger partial charge in [-0.3, -0.25) is 9.13 Å². The van der Waals surface area contributed by atoms with Gasteiger partial charge in [0.1, 0.15) is 5.49 Å². The van der Waals surface area contributed by atoms with Gasteiger partial charge in [0.15, 0.2) is 0 Å². The molecule has 0 bridgehead atoms. The van der Waals surface area contributed by atoms with E-state index in [2.05, 4.69) is 75.6 Å². The Morgan fingerprint density at radius 1 is 0.923 bits per heavy atom. The summed E-state index contributed by atoms with van der Waals surface area (Å²) in [4.78, 5) is 31.6. The van der Waals surface area contributed by atoms with E-state index in [-0.39, 0.29) is 17.8 Å². The van der Waals surface area contributed by atoms with Crippen LogP contribution < -0.4 is 21.8 Å². The molecule has 2 amide bonds. The van der Waals surface area contributed by atoms with Gasteiger partial charge in [0.2, 0.25) is 0 Å². The second kappa shape index (κ2) is 11.2. The number of benzene rings is 2. The standard InChI is InChI=1S/C32H41N5O2/c1-20-15-23(4)30(24(5)16-20)35-29-19-28-27-18-22(3)21(2)17-25(27)11-13-36(28)32(39)37(29)14-12-33-31(38)34-26-9-7-6-8-10-26/h15-19,26H,6-14H2,1-5H3,(H2,33,34,38). The number of fused-ring (bicyclic) bond motifs is 3. The van der Waals surface area contributed by atoms with E-state index in [4.69, 9.17) is 4.99 Å². The quantitative estimate of drug-likeness (QED) is 0.474. The second-order valence-electron chi connectivity index (χ2n) is 11.4. The van der Waals surface area contributed by atoms with Gasteiger partial charge in [0.25, 0.3) is 0 Å². The van der Waals surface area contributed by atoms with E-state index in [1.165, 1.54) is 28.7 Å². The van der Waals surface area contributed by atoms with Crippen LogP contribution in [-0.4, -0.2) is 27.8 Å². The van der Waals surface area contributed by atoms with Gasteiger partial charge < -0.3 is 10.6 Å². The van der Waals surface area contributed by atoms with E-state index in [1.807, 2.05) is 4.57 Å². The summed E-state index contributed by atoms with van der Waals surface area (Å²) in [7, 11) is 0. The molecule has 0 spiro atoms. The van der Waals surface area contributed by atoms with Gasteiger partial charge >= 0.3 is 11.7 Å². The molecule has 1 aliphatic carbocycles. The Hall–Kier alpha value is -3.61. The van der Waals surface area contributed by atoms with Crippen LogP contribution in [0.4, 0.5) is 10.5 Å². The molecule has 2 heterocycles. The first-order valence-corrected chi connectivity index (χ1v) is 14.3. The monoisotopic (exact) mass is 527 g/mol. The van der Waals surface area contributed by atoms with E-state index in [0.717, 1.165) is 60.2 Å². The van der Waals surface area contributed by atoms with Crippen molar-refractivity contribution >= 4 is 11.7 Å². The fourth-order valence-electron chi connectivity index (χ4n) is 6.15. The molecule has 0 atom stereocenters. The largest absolute Gasteiger partial charge is 0.336 e. The summed E-state index contributed by atoms with van der Waals surface area (Å²) in [5.74, 6) is 0. The van der Waals surface area contributed by atoms with Crippen LogP contribution in [0.25, 0.3) is 11.3 Å². The molecular weight excluding hydrogens is 486 g/mol. The summed E-state index contributed by atoms with van der Waals surface area (Å²) in [6, 6.07) is 10.8. The van der Waals surface area contributed by atoms with Crippen molar-refractivity contribution in [3.63, 3.8) is 0 Å². The van der Waals surface area contributed by atoms with Crippen LogP contribution >= 0.6 is 0 Å². The van der Waals surface area contributed by atoms with Gasteiger partial charge in [-0.25, -0.2) is 14.6 Å². The van der Waals surface area contributed by atoms with Crippen molar-refractivity contribution in [2.24, 2.45) is 4.99 Å². The number of urea groups is 1. The van der Waals surface area contributed by atoms with Gasteiger partial charge in [-0.1, -0.05) is 43.0 Å². The number of carbonyl (C=O) groups is 1. The Morgan fingerprint density at radius 2 is 1.62 bits per heavy atom. The van der Waals surface area contributed by atoms with Crippen LogP contribution in [-0.2, 0) is 19.5 Å². The third-order valence-electron chi connectivity index (χ3n) is 8.32. The topological polar surface area (TPSA) is 80.4 Å². The minimum atomic E-state index is -0.163. The van der Waals surface area contributed by atoms with Crippen LogP contribution in [0.15, 0.2) is 40.1 Å². The highest BCUT2D eigenvalue weighted by Crippen LogP contribution is 2.30. The lowest BCUT2D eigenvalue weighted by Gasteiger charge is -2.25. The molecular formula is C32H41N5O2. The Balaban J connectivity index is 1.54. The molecule has 0 saturated heterocycles. The van der Waals surface area contributed by atoms with Crippen LogP contribution in [0.1, 0.15) is 65.5 Å². The number of aryl methyl sites for hydroxylation is 6. The molecule has 0 unspecified atom stereocenters. The predicted molar refractivity (Wildman–Crippen MR) is 157 cm³/mol. The first-order chi connectivity index (χ1) is 18.7. The molecule has 5 rings (SSSR count). The van der Waals surface area contributed by atoms with E-state index in [1.54, 1.807) is 4.57 Å². The number of carbonyl (C=O) groups excluding carboxylic acids is 1. The number of hydrogen-bond donors (Lipinski definition) is 2. The van der Waals surface area contributed by atoms with Gasteiger partial charge in [-0.2, -0.15) is 0 Å². The van der Waals surface area contributed by atoms with Crippen molar-refractivity contribution in [2.75, 3.05) is 6.54 Å². The van der Waals surface area contributed by atoms with Gasteiger partial charge in [0.05, 0.1) is 11.4 Å². The highest BCUT2D eigenvalue weighted by molar-refractivity contribution is 5.74. The summed E-state index contributed by atoms with van der Waals surface area (Å²) in [6.07, 6.45) is 6.46. The maximum atomic E-state index is 13.9. The summed E-state index contributed by atoms with van der Waals surface area (Å²) >= 11 is 0. The van der Waals surface area contributed by atoms with Crippen molar-refractivity contribution in [3.8, 4) is 11.3 Å². The summed E-state index contributed by atoms with van der Waals surface area (Å²) in [5, 5.41) is 6.07. The third-order valence-corrected chi connectivity index (χ3v) is 8.32. The van der Waals surface area contributed by atoms with E-state index >= 15 is 0 Å². The fourth-order valence-corrected chi connectivity index (χ4v) is 6.15. The van der Waals surface area contributed by atoms with Crippen LogP contribution in [0, 0.1) is 34.6 Å². The highest BCUT2D eigenvalue weighted by atomic mass is 16.2. The first-order valence-electron chi connectivity index (χ1n) is 14.3. The molecule has 2 aliphatic rings. The van der Waals surface area contributed by atoms with Gasteiger partial charge in [-0.05, 0) is 87.8 Å². The number of amides is 2. The van der Waals surface area contributed by atoms with E-state index in [0.29, 0.717) is 25.1 Å². The average Bonchev–Trinajstić information content (AvgIpc) is 2.89. The molecule has 1 saturated carbocycles. The van der Waals surface area contributed by atoms with E-state index < -0.39 is 0 Å². The second-order valence-corrected chi connectivity index (χ2v) is 11.4. The Labute approximate surface area is 231 Å². The molecule has 7 nitrogen and oxygen atoms in total. The minimum absolute atomic E-state index is 0.0907. The molecule has 1 aliphatic heterocycles. The van der Waals surface area contributed by atoms with E-state index in [9.17, 15) is 9.59 Å². The lowest BCUT2D eigenvalue weighted by Crippen LogP contribution is -2.47. The lowest BCUT2D eigenvalue weighted by atomic mass is 9.93. The molecule has 1 aromatic heterocycles. The molecule has 0 radical (unpaired) electrons. The fraction of sp³-hybridized carbons (Fsp3) is 0.469. The number of hydrogen-bond acceptors (Lipinski definition) is 3. The maximum absolute atomic E-state index is 13.9. The first kappa shape index (κ1) is 27.0. The zero-order valence-electron chi connectivity index (χ0n) is 24.0. The van der Waals surface area contributed by atoms with Crippen molar-refractivity contribution in [2.45, 2.75) is 92.3 Å². The van der Waals surface area contributed by atoms with Crippen LogP contribution in [0.3, 0.4) is 0 Å². The molecule has 7 heteroatoms. The van der Waals surface area contributed by atoms with Crippen LogP contribution in [0.5, 0.6) is 0 Å². The minimum Gasteiger partial charge on any atom is -0.336 e. The normalized spacial score (nSPS) is 15.6. The number of aromatic nitrogens is 2. The Kier molecular flexibility index (Phi) is 7.78. The van der Waals surface area contributed by atoms with Crippen molar-refractivity contribution in [1.82, 2.24) is 19.8 Å². The predicted octanol–water partition coefficient (Wildman–Crippen LogP) is 5.28. The zero-order chi connectivity index (χ0) is 27.7. The van der Waals surface area contributed by atoms with Gasteiger partial charge in [0, 0.05) is 37.3 Å². The molecule has 206 valence electrons. The number of rotatable bonds is 5. The zero-order valence-corrected chi connectivity index (χ0v) is 24.0. The summed E-state index contributed by atoms with van der Waals surface area (Å²) < 4.78 is 3.59. The van der Waals surface area contributed by atoms with Gasteiger partial charge in [-0.15, -0.1) is 0 Å². The molecule has 39 heavy (non-hydrogen) atoms. The molecule has 3 aromatic rings. The Bertz CT molecular complexity index is 1520. The summed E-state index contributed by atoms with van der Waals surface area (Å²) in [6.45, 7) is 11.8. The molecule has 1 fully saturated rings. The van der Waals surface area contributed by atoms with Crippen LogP contribution in [0.2, 0.25) is 0 Å². The molecule has 2 aromatic carbocycles. The molecule has 2 N–H and O–H groups in total. The smallest absolute Gasteiger partial charge is 0.330 e. The van der Waals surface area contributed by atoms with Crippen molar-refractivity contribution in [1.29, 1.82) is 0 Å².